The van der Waals surface area contributed by atoms with Gasteiger partial charge < -0.3 is 5.32 Å². The van der Waals surface area contributed by atoms with Gasteiger partial charge in [0.25, 0.3) is 5.56 Å². The Labute approximate surface area is 201 Å². The molecule has 0 saturated heterocycles. The molecular formula is C22H17ClN8O2S. The summed E-state index contributed by atoms with van der Waals surface area (Å²) in [5.41, 5.74) is 1.62. The Morgan fingerprint density at radius 2 is 2.06 bits per heavy atom. The molecule has 10 nitrogen and oxygen atoms in total. The summed E-state index contributed by atoms with van der Waals surface area (Å²) >= 11 is 7.34. The van der Waals surface area contributed by atoms with Crippen LogP contribution in [0.1, 0.15) is 0 Å². The molecule has 3 heterocycles. The van der Waals surface area contributed by atoms with Crippen LogP contribution in [0.2, 0.25) is 5.02 Å². The number of halogens is 1. The monoisotopic (exact) mass is 492 g/mol. The first-order valence-corrected chi connectivity index (χ1v) is 11.5. The molecule has 0 radical (unpaired) electrons. The maximum absolute atomic E-state index is 12.9. The topological polar surface area (TPSA) is 112 Å². The Morgan fingerprint density at radius 3 is 2.85 bits per heavy atom. The van der Waals surface area contributed by atoms with Gasteiger partial charge >= 0.3 is 0 Å². The fourth-order valence-corrected chi connectivity index (χ4v) is 4.49. The van der Waals surface area contributed by atoms with Crippen LogP contribution in [0, 0.1) is 0 Å². The molecule has 12 heteroatoms. The molecule has 2 aromatic carbocycles. The van der Waals surface area contributed by atoms with Gasteiger partial charge in [-0.3, -0.25) is 18.6 Å². The van der Waals surface area contributed by atoms with Gasteiger partial charge in [-0.1, -0.05) is 41.6 Å². The molecular weight excluding hydrogens is 476 g/mol. The number of fused-ring (bicyclic) bond motifs is 3. The number of rotatable bonds is 7. The van der Waals surface area contributed by atoms with Gasteiger partial charge in [0.1, 0.15) is 12.7 Å². The molecule has 0 fully saturated rings. The van der Waals surface area contributed by atoms with E-state index < -0.39 is 0 Å². The SMILES string of the molecule is C=CCn1c(=O)c2ccccc2n2c(SCC(=O)Nc3cc(Cl)ccc3-n3cncn3)nnc12. The Balaban J connectivity index is 1.45. The molecule has 1 N–H and O–H groups in total. The first kappa shape index (κ1) is 21.9. The van der Waals surface area contributed by atoms with Crippen molar-refractivity contribution in [1.29, 1.82) is 0 Å². The van der Waals surface area contributed by atoms with Gasteiger partial charge in [-0.2, -0.15) is 5.10 Å². The van der Waals surface area contributed by atoms with E-state index in [4.69, 9.17) is 11.6 Å². The predicted molar refractivity (Wildman–Crippen MR) is 131 cm³/mol. The number of hydrogen-bond acceptors (Lipinski definition) is 7. The molecule has 5 aromatic rings. The van der Waals surface area contributed by atoms with Crippen LogP contribution in [0.4, 0.5) is 5.69 Å². The van der Waals surface area contributed by atoms with Gasteiger partial charge in [0.2, 0.25) is 11.7 Å². The fraction of sp³-hybridized carbons (Fsp3) is 0.0909. The zero-order valence-corrected chi connectivity index (χ0v) is 19.2. The van der Waals surface area contributed by atoms with Crippen molar-refractivity contribution in [2.45, 2.75) is 11.7 Å². The van der Waals surface area contributed by atoms with E-state index in [9.17, 15) is 9.59 Å². The third-order valence-corrected chi connectivity index (χ3v) is 6.18. The number of thioether (sulfide) groups is 1. The molecule has 0 aliphatic rings. The highest BCUT2D eigenvalue weighted by molar-refractivity contribution is 7.99. The second-order valence-electron chi connectivity index (χ2n) is 7.18. The summed E-state index contributed by atoms with van der Waals surface area (Å²) in [7, 11) is 0. The largest absolute Gasteiger partial charge is 0.323 e. The lowest BCUT2D eigenvalue weighted by molar-refractivity contribution is -0.113. The molecule has 0 atom stereocenters. The van der Waals surface area contributed by atoms with Crippen molar-refractivity contribution < 1.29 is 4.79 Å². The van der Waals surface area contributed by atoms with E-state index in [1.54, 1.807) is 40.8 Å². The number of carbonyl (C=O) groups is 1. The van der Waals surface area contributed by atoms with E-state index in [0.29, 0.717) is 38.2 Å². The first-order valence-electron chi connectivity index (χ1n) is 10.1. The van der Waals surface area contributed by atoms with Crippen molar-refractivity contribution in [3.05, 3.63) is 83.2 Å². The number of benzene rings is 2. The third kappa shape index (κ3) is 3.95. The second kappa shape index (κ2) is 9.12. The first-order chi connectivity index (χ1) is 16.6. The molecule has 1 amide bonds. The summed E-state index contributed by atoms with van der Waals surface area (Å²) in [5, 5.41) is 16.9. The van der Waals surface area contributed by atoms with Crippen molar-refractivity contribution in [3.8, 4) is 5.69 Å². The van der Waals surface area contributed by atoms with Crippen molar-refractivity contribution in [2.24, 2.45) is 0 Å². The molecule has 3 aromatic heterocycles. The van der Waals surface area contributed by atoms with Gasteiger partial charge in [0.05, 0.1) is 28.0 Å². The summed E-state index contributed by atoms with van der Waals surface area (Å²) < 4.78 is 4.82. The van der Waals surface area contributed by atoms with Crippen molar-refractivity contribution in [2.75, 3.05) is 11.1 Å². The summed E-state index contributed by atoms with van der Waals surface area (Å²) in [6, 6.07) is 12.3. The van der Waals surface area contributed by atoms with Gasteiger partial charge in [-0.15, -0.1) is 16.8 Å². The van der Waals surface area contributed by atoms with Crippen LogP contribution in [0.25, 0.3) is 22.4 Å². The van der Waals surface area contributed by atoms with E-state index in [-0.39, 0.29) is 23.8 Å². The van der Waals surface area contributed by atoms with Gasteiger partial charge in [-0.05, 0) is 30.3 Å². The van der Waals surface area contributed by atoms with Crippen molar-refractivity contribution >= 4 is 51.6 Å². The fourth-order valence-electron chi connectivity index (χ4n) is 3.58. The zero-order valence-electron chi connectivity index (χ0n) is 17.6. The van der Waals surface area contributed by atoms with Crippen molar-refractivity contribution in [3.63, 3.8) is 0 Å². The smallest absolute Gasteiger partial charge is 0.263 e. The normalized spacial score (nSPS) is 11.2. The molecule has 0 bridgehead atoms. The predicted octanol–water partition coefficient (Wildman–Crippen LogP) is 3.20. The summed E-state index contributed by atoms with van der Waals surface area (Å²) in [4.78, 5) is 29.7. The number of amides is 1. The average molecular weight is 493 g/mol. The van der Waals surface area contributed by atoms with Crippen LogP contribution in [-0.2, 0) is 11.3 Å². The van der Waals surface area contributed by atoms with Crippen LogP contribution < -0.4 is 10.9 Å². The number of hydrogen-bond donors (Lipinski definition) is 1. The number of allylic oxidation sites excluding steroid dienone is 1. The highest BCUT2D eigenvalue weighted by Crippen LogP contribution is 2.25. The van der Waals surface area contributed by atoms with Crippen LogP contribution in [0.5, 0.6) is 0 Å². The molecule has 0 aliphatic carbocycles. The van der Waals surface area contributed by atoms with Crippen LogP contribution in [0.15, 0.2) is 77.7 Å². The Morgan fingerprint density at radius 1 is 1.21 bits per heavy atom. The maximum atomic E-state index is 12.9. The Hall–Kier alpha value is -3.96. The lowest BCUT2D eigenvalue weighted by atomic mass is 10.2. The van der Waals surface area contributed by atoms with Crippen LogP contribution in [-0.4, -0.2) is 45.6 Å². The van der Waals surface area contributed by atoms with Gasteiger partial charge in [0, 0.05) is 11.6 Å². The summed E-state index contributed by atoms with van der Waals surface area (Å²) in [5.74, 6) is 0.169. The average Bonchev–Trinajstić information content (AvgIpc) is 3.51. The summed E-state index contributed by atoms with van der Waals surface area (Å²) in [6.07, 6.45) is 4.56. The minimum absolute atomic E-state index is 0.0546. The number of carbonyl (C=O) groups excluding carboxylic acids is 1. The highest BCUT2D eigenvalue weighted by Gasteiger charge is 2.18. The molecule has 170 valence electrons. The molecule has 0 unspecified atom stereocenters. The van der Waals surface area contributed by atoms with Crippen LogP contribution >= 0.6 is 23.4 Å². The second-order valence-corrected chi connectivity index (χ2v) is 8.56. The minimum atomic E-state index is -0.269. The van der Waals surface area contributed by atoms with E-state index in [1.165, 1.54) is 33.7 Å². The molecule has 5 rings (SSSR count). The standard InChI is InChI=1S/C22H17ClN8O2S/c1-2-9-29-20(33)15-5-3-4-6-17(15)31-21(29)27-28-22(31)34-11-19(32)26-16-10-14(23)7-8-18(16)30-13-24-12-25-30/h2-8,10,12-13H,1,9,11H2,(H,26,32). The quantitative estimate of drug-likeness (QED) is 0.274. The lowest BCUT2D eigenvalue weighted by Gasteiger charge is -2.11. The summed E-state index contributed by atoms with van der Waals surface area (Å²) in [6.45, 7) is 4.02. The van der Waals surface area contributed by atoms with E-state index in [0.717, 1.165) is 0 Å². The Bertz CT molecular complexity index is 1590. The lowest BCUT2D eigenvalue weighted by Crippen LogP contribution is -2.22. The molecule has 0 saturated carbocycles. The third-order valence-electron chi connectivity index (χ3n) is 5.02. The number of aromatic nitrogens is 7. The van der Waals surface area contributed by atoms with E-state index >= 15 is 0 Å². The molecule has 0 aliphatic heterocycles. The number of para-hydroxylation sites is 1. The number of nitrogens with one attached hydrogen (secondary N) is 1. The Kier molecular flexibility index (Phi) is 5.86. The van der Waals surface area contributed by atoms with E-state index in [2.05, 4.69) is 32.2 Å². The van der Waals surface area contributed by atoms with Gasteiger partial charge in [0.15, 0.2) is 5.16 Å². The number of anilines is 1. The zero-order chi connectivity index (χ0) is 23.7. The molecule has 34 heavy (non-hydrogen) atoms. The van der Waals surface area contributed by atoms with Crippen LogP contribution in [0.3, 0.4) is 0 Å². The van der Waals surface area contributed by atoms with Crippen molar-refractivity contribution in [1.82, 2.24) is 33.9 Å². The molecule has 0 spiro atoms. The number of nitrogens with zero attached hydrogens (tertiary/aromatic N) is 7. The van der Waals surface area contributed by atoms with Gasteiger partial charge in [-0.25, -0.2) is 9.67 Å². The maximum Gasteiger partial charge on any atom is 0.263 e. The minimum Gasteiger partial charge on any atom is -0.323 e. The highest BCUT2D eigenvalue weighted by atomic mass is 35.5. The van der Waals surface area contributed by atoms with E-state index in [1.807, 2.05) is 12.1 Å².